The molecule has 94 valence electrons. The molecule has 2 nitrogen and oxygen atoms in total. The number of nitrogens with zero attached hydrogens (tertiary/aromatic N) is 1. The Morgan fingerprint density at radius 1 is 1.29 bits per heavy atom. The Morgan fingerprint density at radius 3 is 2.35 bits per heavy atom. The van der Waals surface area contributed by atoms with Gasteiger partial charge in [0.2, 0.25) is 0 Å². The lowest BCUT2D eigenvalue weighted by molar-refractivity contribution is 0.0706. The van der Waals surface area contributed by atoms with Crippen LogP contribution in [0, 0.1) is 0 Å². The highest BCUT2D eigenvalue weighted by molar-refractivity contribution is 6.30. The van der Waals surface area contributed by atoms with Gasteiger partial charge in [0, 0.05) is 29.1 Å². The molecule has 0 aliphatic carbocycles. The van der Waals surface area contributed by atoms with Crippen LogP contribution < -0.4 is 0 Å². The fraction of sp³-hybridized carbons (Fsp3) is 0.462. The molecule has 0 bridgehead atoms. The van der Waals surface area contributed by atoms with Gasteiger partial charge in [-0.05, 0) is 44.5 Å². The van der Waals surface area contributed by atoms with E-state index in [9.17, 15) is 4.79 Å². The summed E-state index contributed by atoms with van der Waals surface area (Å²) < 4.78 is 0. The van der Waals surface area contributed by atoms with Crippen LogP contribution in [0.1, 0.15) is 30.6 Å². The van der Waals surface area contributed by atoms with Crippen LogP contribution in [-0.4, -0.2) is 29.3 Å². The second-order valence-corrected chi connectivity index (χ2v) is 4.96. The van der Waals surface area contributed by atoms with E-state index in [1.54, 1.807) is 24.3 Å². The molecule has 0 unspecified atom stereocenters. The number of alkyl halides is 1. The second-order valence-electron chi connectivity index (χ2n) is 4.14. The highest BCUT2D eigenvalue weighted by Gasteiger charge is 2.17. The van der Waals surface area contributed by atoms with Crippen molar-refractivity contribution in [1.82, 2.24) is 4.90 Å². The molecule has 0 aromatic heterocycles. The summed E-state index contributed by atoms with van der Waals surface area (Å²) in [6, 6.07) is 7.13. The number of rotatable bonds is 5. The lowest BCUT2D eigenvalue weighted by atomic mass is 10.1. The smallest absolute Gasteiger partial charge is 0.254 e. The molecule has 0 spiro atoms. The van der Waals surface area contributed by atoms with E-state index >= 15 is 0 Å². The number of hydrogen-bond donors (Lipinski definition) is 0. The molecule has 0 aliphatic heterocycles. The topological polar surface area (TPSA) is 20.3 Å². The van der Waals surface area contributed by atoms with Gasteiger partial charge in [0.15, 0.2) is 0 Å². The maximum Gasteiger partial charge on any atom is 0.254 e. The number of halogens is 2. The maximum absolute atomic E-state index is 12.2. The Hall–Kier alpha value is -0.730. The van der Waals surface area contributed by atoms with Crippen LogP contribution in [0.25, 0.3) is 0 Å². The number of hydrogen-bond acceptors (Lipinski definition) is 1. The van der Waals surface area contributed by atoms with Gasteiger partial charge in [-0.1, -0.05) is 11.6 Å². The van der Waals surface area contributed by atoms with E-state index in [4.69, 9.17) is 23.2 Å². The van der Waals surface area contributed by atoms with Crippen LogP contribution >= 0.6 is 23.2 Å². The van der Waals surface area contributed by atoms with Crippen LogP contribution in [0.5, 0.6) is 0 Å². The molecule has 0 aliphatic rings. The van der Waals surface area contributed by atoms with E-state index in [-0.39, 0.29) is 11.9 Å². The first kappa shape index (κ1) is 14.3. The largest absolute Gasteiger partial charge is 0.336 e. The first-order chi connectivity index (χ1) is 8.06. The minimum absolute atomic E-state index is 0.0294. The summed E-state index contributed by atoms with van der Waals surface area (Å²) in [6.45, 7) is 4.69. The molecule has 1 aromatic carbocycles. The van der Waals surface area contributed by atoms with E-state index < -0.39 is 0 Å². The number of carbonyl (C=O) groups excluding carboxylic acids is 1. The Balaban J connectivity index is 2.80. The quantitative estimate of drug-likeness (QED) is 0.747. The Bertz CT molecular complexity index is 362. The Morgan fingerprint density at radius 2 is 1.88 bits per heavy atom. The molecule has 0 saturated carbocycles. The van der Waals surface area contributed by atoms with Gasteiger partial charge >= 0.3 is 0 Å². The highest BCUT2D eigenvalue weighted by Crippen LogP contribution is 2.13. The van der Waals surface area contributed by atoms with Crippen LogP contribution in [0.15, 0.2) is 24.3 Å². The molecule has 0 atom stereocenters. The van der Waals surface area contributed by atoms with Gasteiger partial charge in [0.25, 0.3) is 5.91 Å². The van der Waals surface area contributed by atoms with Crippen molar-refractivity contribution in [3.05, 3.63) is 34.9 Å². The molecule has 0 radical (unpaired) electrons. The molecule has 0 fully saturated rings. The maximum atomic E-state index is 12.2. The zero-order valence-electron chi connectivity index (χ0n) is 10.1. The molecular formula is C13H17Cl2NO. The van der Waals surface area contributed by atoms with Gasteiger partial charge in [-0.15, -0.1) is 11.6 Å². The third-order valence-corrected chi connectivity index (χ3v) is 3.03. The minimum Gasteiger partial charge on any atom is -0.336 e. The van der Waals surface area contributed by atoms with Crippen molar-refractivity contribution in [2.24, 2.45) is 0 Å². The average molecular weight is 274 g/mol. The summed E-state index contributed by atoms with van der Waals surface area (Å²) in [5, 5.41) is 0.637. The summed E-state index contributed by atoms with van der Waals surface area (Å²) in [7, 11) is 0. The third-order valence-electron chi connectivity index (χ3n) is 2.51. The standard InChI is InChI=1S/C13H17Cl2NO/c1-10(2)16(9-3-8-14)13(17)11-4-6-12(15)7-5-11/h4-7,10H,3,8-9H2,1-2H3. The van der Waals surface area contributed by atoms with E-state index in [1.165, 1.54) is 0 Å². The highest BCUT2D eigenvalue weighted by atomic mass is 35.5. The second kappa shape index (κ2) is 6.87. The van der Waals surface area contributed by atoms with E-state index in [1.807, 2.05) is 18.7 Å². The van der Waals surface area contributed by atoms with Crippen molar-refractivity contribution in [1.29, 1.82) is 0 Å². The molecule has 4 heteroatoms. The van der Waals surface area contributed by atoms with Crippen molar-refractivity contribution < 1.29 is 4.79 Å². The minimum atomic E-state index is 0.0294. The summed E-state index contributed by atoms with van der Waals surface area (Å²) in [5.74, 6) is 0.596. The number of benzene rings is 1. The van der Waals surface area contributed by atoms with Crippen molar-refractivity contribution in [2.45, 2.75) is 26.3 Å². The van der Waals surface area contributed by atoms with Crippen molar-refractivity contribution in [3.8, 4) is 0 Å². The van der Waals surface area contributed by atoms with Crippen molar-refractivity contribution in [2.75, 3.05) is 12.4 Å². The summed E-state index contributed by atoms with van der Waals surface area (Å²) in [5.41, 5.74) is 0.665. The van der Waals surface area contributed by atoms with Crippen LogP contribution in [0.3, 0.4) is 0 Å². The van der Waals surface area contributed by atoms with Crippen LogP contribution in [0.4, 0.5) is 0 Å². The molecule has 1 aromatic rings. The zero-order valence-corrected chi connectivity index (χ0v) is 11.6. The monoisotopic (exact) mass is 273 g/mol. The summed E-state index contributed by atoms with van der Waals surface area (Å²) in [6.07, 6.45) is 0.805. The zero-order chi connectivity index (χ0) is 12.8. The van der Waals surface area contributed by atoms with Crippen LogP contribution in [-0.2, 0) is 0 Å². The molecule has 1 rings (SSSR count). The molecular weight excluding hydrogens is 257 g/mol. The molecule has 0 heterocycles. The molecule has 17 heavy (non-hydrogen) atoms. The number of carbonyl (C=O) groups is 1. The van der Waals surface area contributed by atoms with E-state index in [0.29, 0.717) is 23.0 Å². The van der Waals surface area contributed by atoms with Crippen molar-refractivity contribution in [3.63, 3.8) is 0 Å². The summed E-state index contributed by atoms with van der Waals surface area (Å²) in [4.78, 5) is 14.1. The number of amides is 1. The summed E-state index contributed by atoms with van der Waals surface area (Å²) >= 11 is 11.5. The normalized spacial score (nSPS) is 10.6. The van der Waals surface area contributed by atoms with Crippen molar-refractivity contribution >= 4 is 29.1 Å². The SMILES string of the molecule is CC(C)N(CCCCl)C(=O)c1ccc(Cl)cc1. The predicted octanol–water partition coefficient (Wildman–Crippen LogP) is 3.82. The van der Waals surface area contributed by atoms with Gasteiger partial charge < -0.3 is 4.90 Å². The van der Waals surface area contributed by atoms with E-state index in [2.05, 4.69) is 0 Å². The third kappa shape index (κ3) is 4.21. The molecule has 0 saturated heterocycles. The van der Waals surface area contributed by atoms with Crippen LogP contribution in [0.2, 0.25) is 5.02 Å². The lowest BCUT2D eigenvalue weighted by Gasteiger charge is -2.26. The lowest BCUT2D eigenvalue weighted by Crippen LogP contribution is -2.37. The van der Waals surface area contributed by atoms with Gasteiger partial charge in [-0.25, -0.2) is 0 Å². The van der Waals surface area contributed by atoms with Gasteiger partial charge in [-0.2, -0.15) is 0 Å². The fourth-order valence-electron chi connectivity index (χ4n) is 1.58. The average Bonchev–Trinajstić information content (AvgIpc) is 2.29. The Kier molecular flexibility index (Phi) is 5.79. The fourth-order valence-corrected chi connectivity index (χ4v) is 1.83. The molecule has 1 amide bonds. The molecule has 0 N–H and O–H groups in total. The Labute approximate surface area is 113 Å². The van der Waals surface area contributed by atoms with Gasteiger partial charge in [0.1, 0.15) is 0 Å². The first-order valence-electron chi connectivity index (χ1n) is 5.68. The van der Waals surface area contributed by atoms with Gasteiger partial charge in [0.05, 0.1) is 0 Å². The first-order valence-corrected chi connectivity index (χ1v) is 6.60. The predicted molar refractivity (Wildman–Crippen MR) is 73.0 cm³/mol. The van der Waals surface area contributed by atoms with Gasteiger partial charge in [-0.3, -0.25) is 4.79 Å². The van der Waals surface area contributed by atoms with E-state index in [0.717, 1.165) is 6.42 Å².